The lowest BCUT2D eigenvalue weighted by molar-refractivity contribution is -0.143. The van der Waals surface area contributed by atoms with Crippen molar-refractivity contribution in [2.75, 3.05) is 41.0 Å². The van der Waals surface area contributed by atoms with Crippen LogP contribution in [-0.4, -0.2) is 87.5 Å². The molecule has 1 heterocycles. The molecular formula is C17H26N2O9. The Labute approximate surface area is 163 Å². The molecule has 11 nitrogen and oxygen atoms in total. The summed E-state index contributed by atoms with van der Waals surface area (Å²) in [5.74, 6) is -1.17. The molecule has 158 valence electrons. The van der Waals surface area contributed by atoms with E-state index in [1.165, 1.54) is 21.3 Å². The Balaban J connectivity index is 0. The van der Waals surface area contributed by atoms with Crippen LogP contribution in [0.4, 0.5) is 0 Å². The minimum atomic E-state index is -0.884. The lowest BCUT2D eigenvalue weighted by Gasteiger charge is -2.00. The lowest BCUT2D eigenvalue weighted by atomic mass is 10.2. The van der Waals surface area contributed by atoms with Crippen LogP contribution in [0.1, 0.15) is 19.3 Å². The van der Waals surface area contributed by atoms with E-state index in [0.717, 1.165) is 6.61 Å². The molecule has 28 heavy (non-hydrogen) atoms. The first kappa shape index (κ1) is 27.5. The van der Waals surface area contributed by atoms with Gasteiger partial charge in [-0.15, -0.1) is 0 Å². The summed E-state index contributed by atoms with van der Waals surface area (Å²) < 4.78 is 17.7. The zero-order valence-electron chi connectivity index (χ0n) is 16.1. The van der Waals surface area contributed by atoms with Crippen molar-refractivity contribution in [3.8, 4) is 0 Å². The number of hydrogen-bond donors (Lipinski definition) is 2. The van der Waals surface area contributed by atoms with Crippen LogP contribution in [0.2, 0.25) is 0 Å². The number of aliphatic hydroxyl groups excluding tert-OH is 2. The first-order valence-corrected chi connectivity index (χ1v) is 8.08. The summed E-state index contributed by atoms with van der Waals surface area (Å²) in [4.78, 5) is 37.0. The molecule has 0 bridgehead atoms. The van der Waals surface area contributed by atoms with E-state index in [1.807, 2.05) is 0 Å². The summed E-state index contributed by atoms with van der Waals surface area (Å²) in [7, 11) is 3.87. The number of rotatable bonds is 8. The molecule has 1 aliphatic heterocycles. The third-order valence-corrected chi connectivity index (χ3v) is 2.89. The molecule has 1 saturated heterocycles. The molecule has 1 fully saturated rings. The van der Waals surface area contributed by atoms with Crippen molar-refractivity contribution in [2.24, 2.45) is 0 Å². The predicted octanol–water partition coefficient (Wildman–Crippen LogP) is -0.392. The maximum absolute atomic E-state index is 10.4. The van der Waals surface area contributed by atoms with Gasteiger partial charge in [0.25, 0.3) is 0 Å². The standard InChI is InChI=1S/2C6H9NO3.C5H8O3/c2*1-7-4-5(8)3-6(9)10-2;1-7-5(6)2-4-3-8-4/h2*5,8H,3-4H2,2H3;4H,2-3H2,1H3/t2*5-;4-/m000/s1. The molecule has 0 aromatic heterocycles. The highest BCUT2D eigenvalue weighted by Crippen LogP contribution is 2.13. The summed E-state index contributed by atoms with van der Waals surface area (Å²) in [5, 5.41) is 17.7. The van der Waals surface area contributed by atoms with Crippen LogP contribution in [0.15, 0.2) is 0 Å². The van der Waals surface area contributed by atoms with Crippen molar-refractivity contribution in [1.82, 2.24) is 0 Å². The second kappa shape index (κ2) is 17.7. The Morgan fingerprint density at radius 2 is 1.29 bits per heavy atom. The summed E-state index contributed by atoms with van der Waals surface area (Å²) in [6.07, 6.45) is -1.40. The third kappa shape index (κ3) is 19.6. The summed E-state index contributed by atoms with van der Waals surface area (Å²) in [6, 6.07) is 0. The molecule has 0 spiro atoms. The van der Waals surface area contributed by atoms with Crippen LogP contribution < -0.4 is 0 Å². The van der Waals surface area contributed by atoms with Gasteiger partial charge in [-0.1, -0.05) is 0 Å². The van der Waals surface area contributed by atoms with Gasteiger partial charge in [0, 0.05) is 0 Å². The molecule has 0 amide bonds. The van der Waals surface area contributed by atoms with Gasteiger partial charge in [0.1, 0.15) is 12.2 Å². The quantitative estimate of drug-likeness (QED) is 0.240. The molecule has 0 aromatic rings. The van der Waals surface area contributed by atoms with E-state index < -0.39 is 24.1 Å². The first-order valence-electron chi connectivity index (χ1n) is 8.08. The van der Waals surface area contributed by atoms with Crippen LogP contribution in [0.25, 0.3) is 9.69 Å². The first-order chi connectivity index (χ1) is 13.2. The topological polar surface area (TPSA) is 141 Å². The highest BCUT2D eigenvalue weighted by molar-refractivity contribution is 5.70. The van der Waals surface area contributed by atoms with Gasteiger partial charge in [-0.05, 0) is 0 Å². The minimum absolute atomic E-state index is 0.0465. The van der Waals surface area contributed by atoms with Crippen molar-refractivity contribution < 1.29 is 43.5 Å². The van der Waals surface area contributed by atoms with Crippen molar-refractivity contribution >= 4 is 17.9 Å². The van der Waals surface area contributed by atoms with E-state index >= 15 is 0 Å². The van der Waals surface area contributed by atoms with E-state index in [0.29, 0.717) is 6.42 Å². The predicted molar refractivity (Wildman–Crippen MR) is 94.6 cm³/mol. The fourth-order valence-corrected chi connectivity index (χ4v) is 1.35. The molecule has 2 N–H and O–H groups in total. The molecule has 11 heteroatoms. The molecule has 1 aliphatic rings. The number of esters is 3. The van der Waals surface area contributed by atoms with E-state index in [-0.39, 0.29) is 38.0 Å². The van der Waals surface area contributed by atoms with Crippen molar-refractivity contribution in [2.45, 2.75) is 37.6 Å². The maximum atomic E-state index is 10.4. The van der Waals surface area contributed by atoms with Crippen molar-refractivity contribution in [1.29, 1.82) is 0 Å². The number of hydrogen-bond acceptors (Lipinski definition) is 9. The maximum Gasteiger partial charge on any atom is 0.308 e. The monoisotopic (exact) mass is 402 g/mol. The summed E-state index contributed by atoms with van der Waals surface area (Å²) in [6.45, 7) is 13.3. The Morgan fingerprint density at radius 1 is 0.929 bits per heavy atom. The Bertz CT molecular complexity index is 514. The highest BCUT2D eigenvalue weighted by Gasteiger charge is 2.25. The van der Waals surface area contributed by atoms with E-state index in [9.17, 15) is 14.4 Å². The molecule has 0 aromatic carbocycles. The lowest BCUT2D eigenvalue weighted by Crippen LogP contribution is -2.16. The second-order valence-electron chi connectivity index (χ2n) is 5.29. The van der Waals surface area contributed by atoms with Gasteiger partial charge in [0.15, 0.2) is 0 Å². The zero-order valence-corrected chi connectivity index (χ0v) is 16.1. The van der Waals surface area contributed by atoms with Crippen LogP contribution in [0, 0.1) is 13.1 Å². The zero-order chi connectivity index (χ0) is 21.9. The smallest absolute Gasteiger partial charge is 0.308 e. The van der Waals surface area contributed by atoms with Gasteiger partial charge in [-0.2, -0.15) is 0 Å². The summed E-state index contributed by atoms with van der Waals surface area (Å²) >= 11 is 0. The van der Waals surface area contributed by atoms with Crippen LogP contribution in [-0.2, 0) is 33.3 Å². The number of epoxide rings is 1. The van der Waals surface area contributed by atoms with Gasteiger partial charge in [-0.3, -0.25) is 14.4 Å². The Morgan fingerprint density at radius 3 is 1.54 bits per heavy atom. The number of ether oxygens (including phenoxy) is 4. The highest BCUT2D eigenvalue weighted by atomic mass is 16.6. The average molecular weight is 402 g/mol. The van der Waals surface area contributed by atoms with Crippen LogP contribution >= 0.6 is 0 Å². The number of nitrogens with zero attached hydrogens (tertiary/aromatic N) is 2. The fraction of sp³-hybridized carbons (Fsp3) is 0.706. The second-order valence-corrected chi connectivity index (χ2v) is 5.29. The Kier molecular flexibility index (Phi) is 17.3. The number of carbonyl (C=O) groups excluding carboxylic acids is 3. The van der Waals surface area contributed by atoms with Crippen LogP contribution in [0.3, 0.4) is 0 Å². The Hall–Kier alpha value is -2.73. The van der Waals surface area contributed by atoms with Crippen molar-refractivity contribution in [3.05, 3.63) is 22.8 Å². The minimum Gasteiger partial charge on any atom is -0.469 e. The SMILES string of the molecule is COC(=O)C[C@H]1CO1.[C-]#[N+]C[C@@H](O)CC(=O)OC.[C-]#[N+]C[C@@H](O)CC(=O)OC. The molecule has 3 atom stereocenters. The van der Waals surface area contributed by atoms with Gasteiger partial charge >= 0.3 is 17.9 Å². The fourth-order valence-electron chi connectivity index (χ4n) is 1.35. The number of methoxy groups -OCH3 is 3. The largest absolute Gasteiger partial charge is 0.469 e. The van der Waals surface area contributed by atoms with Gasteiger partial charge in [-0.25, -0.2) is 13.1 Å². The summed E-state index contributed by atoms with van der Waals surface area (Å²) in [5.41, 5.74) is 0. The number of carbonyl (C=O) groups is 3. The van der Waals surface area contributed by atoms with Gasteiger partial charge < -0.3 is 38.9 Å². The molecule has 0 saturated carbocycles. The number of aliphatic hydroxyl groups is 2. The van der Waals surface area contributed by atoms with Crippen molar-refractivity contribution in [3.63, 3.8) is 0 Å². The average Bonchev–Trinajstić information content (AvgIpc) is 3.46. The molecule has 1 rings (SSSR count). The van der Waals surface area contributed by atoms with Gasteiger partial charge in [0.2, 0.25) is 13.1 Å². The molecular weight excluding hydrogens is 376 g/mol. The van der Waals surface area contributed by atoms with Crippen LogP contribution in [0.5, 0.6) is 0 Å². The molecule has 0 radical (unpaired) electrons. The van der Waals surface area contributed by atoms with E-state index in [1.54, 1.807) is 0 Å². The molecule has 0 unspecified atom stereocenters. The molecule has 0 aliphatic carbocycles. The third-order valence-electron chi connectivity index (χ3n) is 2.89. The van der Waals surface area contributed by atoms with E-state index in [2.05, 4.69) is 23.9 Å². The van der Waals surface area contributed by atoms with Gasteiger partial charge in [0.05, 0.1) is 53.3 Å². The van der Waals surface area contributed by atoms with E-state index in [4.69, 9.17) is 28.1 Å². The normalized spacial score (nSPS) is 15.5.